The number of hydrogen-bond acceptors (Lipinski definition) is 5. The lowest BCUT2D eigenvalue weighted by atomic mass is 9.90. The number of esters is 1. The molecule has 1 aliphatic heterocycles. The van der Waals surface area contributed by atoms with Gasteiger partial charge in [-0.3, -0.25) is 4.90 Å². The Morgan fingerprint density at radius 3 is 2.45 bits per heavy atom. The van der Waals surface area contributed by atoms with Gasteiger partial charge < -0.3 is 14.2 Å². The molecule has 4 rings (SSSR count). The summed E-state index contributed by atoms with van der Waals surface area (Å²) >= 11 is 0. The largest absolute Gasteiger partial charge is 0.493 e. The molecule has 2 aromatic carbocycles. The van der Waals surface area contributed by atoms with E-state index in [-0.39, 0.29) is 5.97 Å². The van der Waals surface area contributed by atoms with Gasteiger partial charge in [-0.05, 0) is 75.2 Å². The molecular weight excluding hydrogens is 414 g/mol. The summed E-state index contributed by atoms with van der Waals surface area (Å²) in [6, 6.07) is 9.90. The lowest BCUT2D eigenvalue weighted by Gasteiger charge is -2.22. The fourth-order valence-electron chi connectivity index (χ4n) is 5.10. The molecule has 180 valence electrons. The number of hydrogen-bond donors (Lipinski definition) is 0. The number of nitrogens with zero attached hydrogens (tertiary/aromatic N) is 1. The van der Waals surface area contributed by atoms with Crippen molar-refractivity contribution in [2.24, 2.45) is 5.92 Å². The monoisotopic (exact) mass is 453 g/mol. The van der Waals surface area contributed by atoms with Crippen LogP contribution < -0.4 is 9.47 Å². The van der Waals surface area contributed by atoms with Gasteiger partial charge in [0.2, 0.25) is 0 Å². The van der Waals surface area contributed by atoms with E-state index in [1.165, 1.54) is 57.8 Å². The molecule has 2 aliphatic rings. The number of benzene rings is 2. The molecule has 0 N–H and O–H groups in total. The molecule has 33 heavy (non-hydrogen) atoms. The minimum absolute atomic E-state index is 0.335. The molecule has 5 heteroatoms. The van der Waals surface area contributed by atoms with Crippen LogP contribution >= 0.6 is 0 Å². The topological polar surface area (TPSA) is 48.0 Å². The van der Waals surface area contributed by atoms with Crippen LogP contribution in [0.2, 0.25) is 0 Å². The van der Waals surface area contributed by atoms with E-state index >= 15 is 0 Å². The van der Waals surface area contributed by atoms with Crippen molar-refractivity contribution in [2.75, 3.05) is 39.5 Å². The van der Waals surface area contributed by atoms with Crippen molar-refractivity contribution in [1.29, 1.82) is 0 Å². The molecule has 0 radical (unpaired) electrons. The molecule has 5 nitrogen and oxygen atoms in total. The number of rotatable bonds is 9. The normalized spacial score (nSPS) is 18.1. The number of fused-ring (bicyclic) bond motifs is 1. The van der Waals surface area contributed by atoms with Gasteiger partial charge in [0.1, 0.15) is 23.7 Å². The first kappa shape index (κ1) is 23.9. The van der Waals surface area contributed by atoms with Crippen LogP contribution in [-0.2, 0) is 4.74 Å². The summed E-state index contributed by atoms with van der Waals surface area (Å²) in [5, 5.41) is 1.96. The van der Waals surface area contributed by atoms with Gasteiger partial charge in [-0.25, -0.2) is 4.79 Å². The Labute approximate surface area is 198 Å². The second-order valence-corrected chi connectivity index (χ2v) is 9.47. The van der Waals surface area contributed by atoms with Crippen molar-refractivity contribution in [2.45, 2.75) is 64.7 Å². The molecule has 0 spiro atoms. The van der Waals surface area contributed by atoms with Crippen LogP contribution in [0.3, 0.4) is 0 Å². The number of carbonyl (C=O) groups excluding carboxylic acids is 1. The van der Waals surface area contributed by atoms with Crippen LogP contribution in [0.25, 0.3) is 10.8 Å². The minimum Gasteiger partial charge on any atom is -0.493 e. The Balaban J connectivity index is 1.52. The Kier molecular flexibility index (Phi) is 8.87. The molecular formula is C28H39NO4. The zero-order valence-corrected chi connectivity index (χ0v) is 20.2. The molecule has 1 heterocycles. The van der Waals surface area contributed by atoms with E-state index in [1.807, 2.05) is 37.3 Å². The van der Waals surface area contributed by atoms with E-state index in [0.29, 0.717) is 30.4 Å². The number of carbonyl (C=O) groups is 1. The Morgan fingerprint density at radius 2 is 1.70 bits per heavy atom. The van der Waals surface area contributed by atoms with E-state index in [4.69, 9.17) is 14.2 Å². The average molecular weight is 454 g/mol. The maximum absolute atomic E-state index is 12.7. The molecule has 0 bridgehead atoms. The van der Waals surface area contributed by atoms with Crippen molar-refractivity contribution in [3.63, 3.8) is 0 Å². The summed E-state index contributed by atoms with van der Waals surface area (Å²) in [5.41, 5.74) is 0.490. The summed E-state index contributed by atoms with van der Waals surface area (Å²) in [4.78, 5) is 15.2. The smallest absolute Gasteiger partial charge is 0.341 e. The van der Waals surface area contributed by atoms with Crippen molar-refractivity contribution in [3.05, 3.63) is 35.9 Å². The highest BCUT2D eigenvalue weighted by atomic mass is 16.5. The van der Waals surface area contributed by atoms with Crippen molar-refractivity contribution in [1.82, 2.24) is 4.90 Å². The predicted molar refractivity (Wildman–Crippen MR) is 132 cm³/mol. The zero-order chi connectivity index (χ0) is 22.9. The summed E-state index contributed by atoms with van der Waals surface area (Å²) in [6.07, 6.45) is 11.6. The predicted octanol–water partition coefficient (Wildman–Crippen LogP) is 6.23. The second-order valence-electron chi connectivity index (χ2n) is 9.47. The van der Waals surface area contributed by atoms with E-state index in [1.54, 1.807) is 0 Å². The fourth-order valence-corrected chi connectivity index (χ4v) is 5.10. The van der Waals surface area contributed by atoms with E-state index in [0.717, 1.165) is 42.8 Å². The van der Waals surface area contributed by atoms with Gasteiger partial charge in [0.25, 0.3) is 0 Å². The molecule has 1 saturated heterocycles. The van der Waals surface area contributed by atoms with Gasteiger partial charge >= 0.3 is 5.97 Å². The number of ether oxygens (including phenoxy) is 3. The summed E-state index contributed by atoms with van der Waals surface area (Å²) in [5.74, 6) is 1.75. The maximum atomic E-state index is 12.7. The highest BCUT2D eigenvalue weighted by Crippen LogP contribution is 2.34. The van der Waals surface area contributed by atoms with Crippen LogP contribution in [0.4, 0.5) is 0 Å². The molecule has 1 saturated carbocycles. The van der Waals surface area contributed by atoms with Crippen LogP contribution in [0, 0.1) is 5.92 Å². The summed E-state index contributed by atoms with van der Waals surface area (Å²) in [7, 11) is 0. The zero-order valence-electron chi connectivity index (χ0n) is 20.2. The molecule has 0 amide bonds. The maximum Gasteiger partial charge on any atom is 0.341 e. The first-order valence-electron chi connectivity index (χ1n) is 13.0. The highest BCUT2D eigenvalue weighted by molar-refractivity contribution is 6.00. The third-order valence-corrected chi connectivity index (χ3v) is 7.00. The van der Waals surface area contributed by atoms with Gasteiger partial charge in [-0.1, -0.05) is 44.2 Å². The summed E-state index contributed by atoms with van der Waals surface area (Å²) in [6.45, 7) is 6.62. The van der Waals surface area contributed by atoms with Gasteiger partial charge in [0.05, 0.1) is 13.2 Å². The quantitative estimate of drug-likeness (QED) is 0.421. The third kappa shape index (κ3) is 6.63. The van der Waals surface area contributed by atoms with Gasteiger partial charge in [0.15, 0.2) is 0 Å². The van der Waals surface area contributed by atoms with Crippen molar-refractivity contribution in [3.8, 4) is 11.5 Å². The molecule has 2 aromatic rings. The first-order valence-corrected chi connectivity index (χ1v) is 13.0. The van der Waals surface area contributed by atoms with Gasteiger partial charge in [-0.15, -0.1) is 0 Å². The van der Waals surface area contributed by atoms with Crippen LogP contribution in [-0.4, -0.2) is 50.3 Å². The van der Waals surface area contributed by atoms with E-state index in [9.17, 15) is 4.79 Å². The molecule has 0 unspecified atom stereocenters. The van der Waals surface area contributed by atoms with Crippen LogP contribution in [0.15, 0.2) is 30.3 Å². The minimum atomic E-state index is -0.335. The Bertz CT molecular complexity index is 898. The average Bonchev–Trinajstić information content (AvgIpc) is 3.12. The molecule has 2 fully saturated rings. The Hall–Kier alpha value is -2.27. The van der Waals surface area contributed by atoms with Gasteiger partial charge in [-0.2, -0.15) is 0 Å². The molecule has 1 aliphatic carbocycles. The molecule has 0 atom stereocenters. The summed E-state index contributed by atoms with van der Waals surface area (Å²) < 4.78 is 17.8. The first-order chi connectivity index (χ1) is 16.2. The molecule has 0 aromatic heterocycles. The third-order valence-electron chi connectivity index (χ3n) is 7.00. The van der Waals surface area contributed by atoms with E-state index in [2.05, 4.69) is 4.90 Å². The van der Waals surface area contributed by atoms with Crippen molar-refractivity contribution < 1.29 is 19.0 Å². The van der Waals surface area contributed by atoms with Crippen LogP contribution in [0.5, 0.6) is 11.5 Å². The number of likely N-dealkylation sites (tertiary alicyclic amines) is 1. The Morgan fingerprint density at radius 1 is 0.939 bits per heavy atom. The SMILES string of the molecule is CCOC(=O)c1cc2cccc(OCC3CCCCC3)c2cc1OCCN1CCCCCC1. The highest BCUT2D eigenvalue weighted by Gasteiger charge is 2.19. The van der Waals surface area contributed by atoms with Crippen LogP contribution in [0.1, 0.15) is 75.1 Å². The second kappa shape index (κ2) is 12.3. The van der Waals surface area contributed by atoms with E-state index < -0.39 is 0 Å². The lowest BCUT2D eigenvalue weighted by molar-refractivity contribution is 0.0521. The lowest BCUT2D eigenvalue weighted by Crippen LogP contribution is -2.29. The van der Waals surface area contributed by atoms with Gasteiger partial charge in [0, 0.05) is 11.9 Å². The fraction of sp³-hybridized carbons (Fsp3) is 0.607. The van der Waals surface area contributed by atoms with Crippen molar-refractivity contribution >= 4 is 16.7 Å². The standard InChI is InChI=1S/C28H39NO4/c1-2-31-28(30)25-19-23-13-10-14-26(33-21-22-11-6-5-7-12-22)24(23)20-27(25)32-18-17-29-15-8-3-4-9-16-29/h10,13-14,19-20,22H,2-9,11-12,15-18,21H2,1H3.